The van der Waals surface area contributed by atoms with Crippen LogP contribution < -0.4 is 0 Å². The molecule has 0 atom stereocenters. The highest BCUT2D eigenvalue weighted by atomic mass is 17.1. The fourth-order valence-corrected chi connectivity index (χ4v) is 1.41. The molecule has 0 spiro atoms. The number of aliphatic carboxylic acids is 2. The number of rotatable bonds is 12. The molecule has 0 aromatic carbocycles. The molecule has 0 saturated carbocycles. The Bertz CT molecular complexity index is 251. The molecule has 4 N–H and O–H groups in total. The highest BCUT2D eigenvalue weighted by Crippen LogP contribution is 1.96. The molecule has 0 aliphatic rings. The third-order valence-electron chi connectivity index (χ3n) is 2.12. The van der Waals surface area contributed by atoms with E-state index in [9.17, 15) is 9.59 Å². The van der Waals surface area contributed by atoms with Crippen LogP contribution >= 0.6 is 0 Å². The summed E-state index contributed by atoms with van der Waals surface area (Å²) in [6.07, 6.45) is 0. The van der Waals surface area contributed by atoms with Gasteiger partial charge in [-0.3, -0.25) is 29.9 Å². The molecule has 0 unspecified atom stereocenters. The Hall–Kier alpha value is -1.30. The van der Waals surface area contributed by atoms with E-state index in [0.29, 0.717) is 0 Å². The Morgan fingerprint density at radius 3 is 1.58 bits per heavy atom. The number of carboxylic acid groups (broad SMARTS) is 2. The van der Waals surface area contributed by atoms with Crippen molar-refractivity contribution in [2.24, 2.45) is 0 Å². The Morgan fingerprint density at radius 2 is 1.26 bits per heavy atom. The van der Waals surface area contributed by atoms with E-state index in [-0.39, 0.29) is 33.0 Å². The van der Waals surface area contributed by atoms with Crippen LogP contribution in [0.1, 0.15) is 0 Å². The third kappa shape index (κ3) is 10.3. The fraction of sp³-hybridized carbons (Fsp3) is 0.778. The number of carbonyl (C=O) groups is 2. The van der Waals surface area contributed by atoms with Gasteiger partial charge in [-0.05, 0) is 0 Å². The molecule has 0 aliphatic heterocycles. The van der Waals surface area contributed by atoms with Gasteiger partial charge in [-0.1, -0.05) is 0 Å². The zero-order valence-corrected chi connectivity index (χ0v) is 10.3. The van der Waals surface area contributed by atoms with Gasteiger partial charge in [-0.25, -0.2) is 9.78 Å². The summed E-state index contributed by atoms with van der Waals surface area (Å²) in [6, 6.07) is 0. The zero-order chi connectivity index (χ0) is 14.7. The van der Waals surface area contributed by atoms with Crippen LogP contribution in [0, 0.1) is 0 Å². The van der Waals surface area contributed by atoms with E-state index in [2.05, 4.69) is 9.78 Å². The summed E-state index contributed by atoms with van der Waals surface area (Å²) >= 11 is 0. The molecule has 0 bridgehead atoms. The third-order valence-corrected chi connectivity index (χ3v) is 2.12. The minimum absolute atomic E-state index is 0.0192. The second-order valence-electron chi connectivity index (χ2n) is 3.70. The summed E-state index contributed by atoms with van der Waals surface area (Å²) in [4.78, 5) is 31.8. The van der Waals surface area contributed by atoms with E-state index in [1.54, 1.807) is 4.90 Å². The van der Waals surface area contributed by atoms with Gasteiger partial charge < -0.3 is 10.2 Å². The molecule has 0 radical (unpaired) electrons. The maximum absolute atomic E-state index is 10.6. The molecule has 0 aromatic rings. The number of hydrogen-bond acceptors (Lipinski definition) is 8. The molecule has 0 saturated heterocycles. The second-order valence-corrected chi connectivity index (χ2v) is 3.70. The van der Waals surface area contributed by atoms with Gasteiger partial charge in [0.2, 0.25) is 0 Å². The molecule has 0 aromatic heterocycles. The summed E-state index contributed by atoms with van der Waals surface area (Å²) in [5.41, 5.74) is 0. The normalized spacial score (nSPS) is 11.2. The highest BCUT2D eigenvalue weighted by molar-refractivity contribution is 5.72. The predicted octanol–water partition coefficient (Wildman–Crippen LogP) is -1.30. The van der Waals surface area contributed by atoms with E-state index in [4.69, 9.17) is 20.7 Å². The van der Waals surface area contributed by atoms with Crippen molar-refractivity contribution >= 4 is 11.9 Å². The van der Waals surface area contributed by atoms with Gasteiger partial charge in [0.05, 0.1) is 33.0 Å². The monoisotopic (exact) mass is 282 g/mol. The molecule has 0 fully saturated rings. The minimum atomic E-state index is -1.15. The molecule has 0 rings (SSSR count). The first-order valence-electron chi connectivity index (χ1n) is 5.40. The SMILES string of the molecule is O=C(O)CN(CC(=O)O)CN(CCOO)CCOO. The fourth-order valence-electron chi connectivity index (χ4n) is 1.41. The molecule has 112 valence electrons. The van der Waals surface area contributed by atoms with Gasteiger partial charge in [-0.15, -0.1) is 0 Å². The van der Waals surface area contributed by atoms with Crippen molar-refractivity contribution < 1.29 is 40.1 Å². The lowest BCUT2D eigenvalue weighted by Gasteiger charge is -2.27. The summed E-state index contributed by atoms with van der Waals surface area (Å²) in [6.45, 7) is -0.513. The van der Waals surface area contributed by atoms with E-state index >= 15 is 0 Å². The van der Waals surface area contributed by atoms with Crippen LogP contribution in [0.15, 0.2) is 0 Å². The van der Waals surface area contributed by atoms with Crippen molar-refractivity contribution in [1.29, 1.82) is 0 Å². The van der Waals surface area contributed by atoms with E-state index < -0.39 is 25.0 Å². The van der Waals surface area contributed by atoms with Crippen LogP contribution in [0.2, 0.25) is 0 Å². The van der Waals surface area contributed by atoms with Crippen molar-refractivity contribution in [3.63, 3.8) is 0 Å². The topological polar surface area (TPSA) is 140 Å². The smallest absolute Gasteiger partial charge is 0.317 e. The molecule has 10 heteroatoms. The Kier molecular flexibility index (Phi) is 9.88. The Balaban J connectivity index is 4.41. The number of carboxylic acids is 2. The maximum Gasteiger partial charge on any atom is 0.317 e. The summed E-state index contributed by atoms with van der Waals surface area (Å²) < 4.78 is 0. The molecule has 0 heterocycles. The molecular weight excluding hydrogens is 264 g/mol. The van der Waals surface area contributed by atoms with Crippen molar-refractivity contribution in [3.05, 3.63) is 0 Å². The zero-order valence-electron chi connectivity index (χ0n) is 10.3. The van der Waals surface area contributed by atoms with Crippen LogP contribution in [-0.2, 0) is 19.4 Å². The van der Waals surface area contributed by atoms with Gasteiger partial charge in [0, 0.05) is 13.1 Å². The van der Waals surface area contributed by atoms with E-state index in [1.807, 2.05) is 0 Å². The van der Waals surface area contributed by atoms with Crippen molar-refractivity contribution in [1.82, 2.24) is 9.80 Å². The number of nitrogens with zero attached hydrogens (tertiary/aromatic N) is 2. The summed E-state index contributed by atoms with van der Waals surface area (Å²) in [5, 5.41) is 33.9. The average molecular weight is 282 g/mol. The lowest BCUT2D eigenvalue weighted by Crippen LogP contribution is -2.45. The largest absolute Gasteiger partial charge is 0.480 e. The van der Waals surface area contributed by atoms with Crippen LogP contribution in [-0.4, -0.2) is 88.5 Å². The number of hydrogen-bond donors (Lipinski definition) is 4. The van der Waals surface area contributed by atoms with E-state index in [0.717, 1.165) is 0 Å². The van der Waals surface area contributed by atoms with Crippen LogP contribution in [0.5, 0.6) is 0 Å². The summed E-state index contributed by atoms with van der Waals surface area (Å²) in [7, 11) is 0. The highest BCUT2D eigenvalue weighted by Gasteiger charge is 2.17. The molecule has 0 aliphatic carbocycles. The van der Waals surface area contributed by atoms with Crippen molar-refractivity contribution in [2.75, 3.05) is 46.1 Å². The molecule has 19 heavy (non-hydrogen) atoms. The van der Waals surface area contributed by atoms with Crippen molar-refractivity contribution in [3.8, 4) is 0 Å². The van der Waals surface area contributed by atoms with Gasteiger partial charge in [0.1, 0.15) is 0 Å². The molecule has 0 amide bonds. The lowest BCUT2D eigenvalue weighted by atomic mass is 10.4. The van der Waals surface area contributed by atoms with Crippen molar-refractivity contribution in [2.45, 2.75) is 0 Å². The summed E-state index contributed by atoms with van der Waals surface area (Å²) in [5.74, 6) is -2.31. The van der Waals surface area contributed by atoms with Gasteiger partial charge in [-0.2, -0.15) is 0 Å². The second kappa shape index (κ2) is 10.6. The standard InChI is InChI=1S/C9H18N2O8/c12-8(13)5-11(6-9(14)15)7-10(1-3-18-16)2-4-19-17/h16-17H,1-7H2,(H,12,13)(H,14,15). The first-order valence-corrected chi connectivity index (χ1v) is 5.40. The first kappa shape index (κ1) is 17.7. The van der Waals surface area contributed by atoms with Crippen LogP contribution in [0.3, 0.4) is 0 Å². The first-order chi connectivity index (χ1) is 8.99. The van der Waals surface area contributed by atoms with Gasteiger partial charge in [0.25, 0.3) is 0 Å². The van der Waals surface area contributed by atoms with Crippen LogP contribution in [0.4, 0.5) is 0 Å². The Morgan fingerprint density at radius 1 is 0.842 bits per heavy atom. The van der Waals surface area contributed by atoms with Crippen LogP contribution in [0.25, 0.3) is 0 Å². The predicted molar refractivity (Wildman–Crippen MR) is 60.4 cm³/mol. The van der Waals surface area contributed by atoms with Gasteiger partial charge >= 0.3 is 11.9 Å². The maximum atomic E-state index is 10.6. The molecule has 10 nitrogen and oxygen atoms in total. The lowest BCUT2D eigenvalue weighted by molar-refractivity contribution is -0.252. The van der Waals surface area contributed by atoms with Gasteiger partial charge in [0.15, 0.2) is 0 Å². The Labute approximate surface area is 109 Å². The average Bonchev–Trinajstić information content (AvgIpc) is 2.30. The van der Waals surface area contributed by atoms with E-state index in [1.165, 1.54) is 4.90 Å². The minimum Gasteiger partial charge on any atom is -0.480 e. The molecular formula is C9H18N2O8. The quantitative estimate of drug-likeness (QED) is 0.194.